The average Bonchev–Trinajstić information content (AvgIpc) is 3.60. The van der Waals surface area contributed by atoms with Crippen molar-refractivity contribution in [2.75, 3.05) is 36.1 Å². The van der Waals surface area contributed by atoms with Gasteiger partial charge in [0.05, 0.1) is 33.6 Å². The predicted molar refractivity (Wildman–Crippen MR) is 153 cm³/mol. The first kappa shape index (κ1) is 26.9. The Hall–Kier alpha value is -2.28. The first-order chi connectivity index (χ1) is 18.9. The maximum Gasteiger partial charge on any atom is 0.153 e. The molecule has 2 saturated carbocycles. The molecule has 7 nitrogen and oxygen atoms in total. The molecule has 2 aromatic rings. The monoisotopic (exact) mass is 567 g/mol. The van der Waals surface area contributed by atoms with E-state index >= 15 is 0 Å². The Balaban J connectivity index is 1.31. The number of hydrogen-bond donors (Lipinski definition) is 0. The minimum absolute atomic E-state index is 0.0110. The van der Waals surface area contributed by atoms with Gasteiger partial charge in [-0.2, -0.15) is 5.26 Å². The molecule has 6 rings (SSSR count). The summed E-state index contributed by atoms with van der Waals surface area (Å²) in [6.07, 6.45) is 9.20. The highest BCUT2D eigenvalue weighted by Gasteiger charge is 2.47. The number of ketones is 1. The number of benzene rings is 1. The van der Waals surface area contributed by atoms with Crippen LogP contribution >= 0.6 is 11.3 Å². The summed E-state index contributed by atoms with van der Waals surface area (Å²) < 4.78 is 29.9. The zero-order valence-corrected chi connectivity index (χ0v) is 24.1. The molecular weight excluding hydrogens is 530 g/mol. The maximum atomic E-state index is 13.6. The molecule has 1 aromatic heterocycles. The predicted octanol–water partition coefficient (Wildman–Crippen LogP) is 5.82. The standard InChI is InChI=1S/C30H37N3O4S2/c31-20-30(12-13-30)19-25(34)23-5-1-2-6-24(23)27-28(38-29(32-27)26-7-3-4-16-37-26)21-8-10-22(11-9-21)33-14-17-39(35,36)18-15-33/h8-11,23-24,26H,1-7,12-19H2/t23-,24-,26?/m1/s1. The van der Waals surface area contributed by atoms with Gasteiger partial charge in [0, 0.05) is 43.6 Å². The number of sulfone groups is 1. The highest BCUT2D eigenvalue weighted by atomic mass is 32.2. The fraction of sp³-hybridized carbons (Fsp3) is 0.633. The zero-order valence-electron chi connectivity index (χ0n) is 22.4. The lowest BCUT2D eigenvalue weighted by molar-refractivity contribution is -0.125. The van der Waals surface area contributed by atoms with Crippen LogP contribution in [0.5, 0.6) is 0 Å². The number of aromatic nitrogens is 1. The quantitative estimate of drug-likeness (QED) is 0.415. The van der Waals surface area contributed by atoms with Crippen molar-refractivity contribution in [1.82, 2.24) is 4.98 Å². The number of hydrogen-bond acceptors (Lipinski definition) is 8. The first-order valence-corrected chi connectivity index (χ1v) is 17.1. The molecule has 1 unspecified atom stereocenters. The largest absolute Gasteiger partial charge is 0.371 e. The van der Waals surface area contributed by atoms with Crippen molar-refractivity contribution in [3.8, 4) is 16.5 Å². The molecule has 208 valence electrons. The molecule has 0 bridgehead atoms. The Morgan fingerprint density at radius 2 is 1.79 bits per heavy atom. The van der Waals surface area contributed by atoms with Gasteiger partial charge in [-0.3, -0.25) is 4.79 Å². The molecule has 0 N–H and O–H groups in total. The second-order valence-electron chi connectivity index (χ2n) is 11.8. The van der Waals surface area contributed by atoms with Crippen molar-refractivity contribution in [2.45, 2.75) is 76.2 Å². The summed E-state index contributed by atoms with van der Waals surface area (Å²) >= 11 is 1.71. The van der Waals surface area contributed by atoms with Crippen LogP contribution in [0.15, 0.2) is 24.3 Å². The molecule has 3 heterocycles. The van der Waals surface area contributed by atoms with E-state index in [1.54, 1.807) is 11.3 Å². The van der Waals surface area contributed by atoms with Crippen LogP contribution in [0.4, 0.5) is 5.69 Å². The lowest BCUT2D eigenvalue weighted by Crippen LogP contribution is -2.40. The van der Waals surface area contributed by atoms with Gasteiger partial charge in [0.25, 0.3) is 0 Å². The third-order valence-corrected chi connectivity index (χ3v) is 11.9. The molecule has 3 atom stereocenters. The fourth-order valence-corrected chi connectivity index (χ4v) is 8.89. The van der Waals surface area contributed by atoms with E-state index in [4.69, 9.17) is 9.72 Å². The molecule has 9 heteroatoms. The van der Waals surface area contributed by atoms with Gasteiger partial charge in [0.2, 0.25) is 0 Å². The second kappa shape index (κ2) is 10.9. The lowest BCUT2D eigenvalue weighted by atomic mass is 9.73. The van der Waals surface area contributed by atoms with Crippen molar-refractivity contribution in [1.29, 1.82) is 5.26 Å². The summed E-state index contributed by atoms with van der Waals surface area (Å²) in [5, 5.41) is 10.6. The van der Waals surface area contributed by atoms with E-state index in [0.29, 0.717) is 19.5 Å². The van der Waals surface area contributed by atoms with Crippen molar-refractivity contribution in [2.24, 2.45) is 11.3 Å². The molecule has 0 radical (unpaired) electrons. The minimum Gasteiger partial charge on any atom is -0.371 e. The van der Waals surface area contributed by atoms with Crippen molar-refractivity contribution >= 4 is 32.6 Å². The first-order valence-electron chi connectivity index (χ1n) is 14.5. The normalized spacial score (nSPS) is 28.0. The summed E-state index contributed by atoms with van der Waals surface area (Å²) in [4.78, 5) is 22.1. The van der Waals surface area contributed by atoms with E-state index in [1.807, 2.05) is 0 Å². The Bertz CT molecular complexity index is 1340. The van der Waals surface area contributed by atoms with Crippen LogP contribution in [0.1, 0.15) is 86.9 Å². The molecule has 39 heavy (non-hydrogen) atoms. The maximum absolute atomic E-state index is 13.6. The lowest BCUT2D eigenvalue weighted by Gasteiger charge is -2.31. The summed E-state index contributed by atoms with van der Waals surface area (Å²) in [5.41, 5.74) is 2.73. The van der Waals surface area contributed by atoms with Gasteiger partial charge < -0.3 is 9.64 Å². The van der Waals surface area contributed by atoms with E-state index in [0.717, 1.165) is 91.2 Å². The minimum atomic E-state index is -2.93. The highest BCUT2D eigenvalue weighted by molar-refractivity contribution is 7.91. The van der Waals surface area contributed by atoms with Gasteiger partial charge in [0.15, 0.2) is 9.84 Å². The molecule has 0 amide bonds. The summed E-state index contributed by atoms with van der Waals surface area (Å²) in [7, 11) is -2.93. The molecule has 4 aliphatic rings. The van der Waals surface area contributed by atoms with E-state index in [2.05, 4.69) is 35.2 Å². The number of nitriles is 1. The van der Waals surface area contributed by atoms with E-state index < -0.39 is 15.3 Å². The number of thiazole rings is 1. The number of carbonyl (C=O) groups is 1. The Kier molecular flexibility index (Phi) is 7.55. The Morgan fingerprint density at radius 3 is 2.46 bits per heavy atom. The molecule has 2 saturated heterocycles. The third kappa shape index (κ3) is 5.79. The van der Waals surface area contributed by atoms with Gasteiger partial charge in [-0.15, -0.1) is 11.3 Å². The smallest absolute Gasteiger partial charge is 0.153 e. The van der Waals surface area contributed by atoms with Crippen LogP contribution in [-0.2, 0) is 19.4 Å². The molecular formula is C30H37N3O4S2. The average molecular weight is 568 g/mol. The number of Topliss-reactive ketones (excluding diaryl/α,β-unsaturated/α-hetero) is 1. The number of carbonyl (C=O) groups excluding carboxylic acids is 1. The third-order valence-electron chi connectivity index (χ3n) is 9.10. The van der Waals surface area contributed by atoms with Gasteiger partial charge in [-0.1, -0.05) is 25.0 Å². The zero-order chi connectivity index (χ0) is 27.0. The van der Waals surface area contributed by atoms with Crippen LogP contribution in [0, 0.1) is 22.7 Å². The SMILES string of the molecule is N#CC1(CC(=O)[C@@H]2CCCC[C@H]2c2nc(C3CCCCO3)sc2-c2ccc(N3CCS(=O)(=O)CC3)cc2)CC1. The van der Waals surface area contributed by atoms with Crippen molar-refractivity contribution in [3.63, 3.8) is 0 Å². The van der Waals surface area contributed by atoms with Gasteiger partial charge in [0.1, 0.15) is 16.9 Å². The molecule has 4 fully saturated rings. The summed E-state index contributed by atoms with van der Waals surface area (Å²) in [5.74, 6) is 0.616. The molecule has 0 spiro atoms. The van der Waals surface area contributed by atoms with Crippen LogP contribution < -0.4 is 4.90 Å². The molecule has 2 aliphatic heterocycles. The van der Waals surface area contributed by atoms with Gasteiger partial charge in [-0.25, -0.2) is 13.4 Å². The van der Waals surface area contributed by atoms with Crippen LogP contribution in [0.2, 0.25) is 0 Å². The second-order valence-corrected chi connectivity index (χ2v) is 15.2. The van der Waals surface area contributed by atoms with E-state index in [9.17, 15) is 18.5 Å². The highest BCUT2D eigenvalue weighted by Crippen LogP contribution is 2.51. The van der Waals surface area contributed by atoms with Crippen molar-refractivity contribution < 1.29 is 17.9 Å². The Labute approximate surface area is 235 Å². The number of anilines is 1. The summed E-state index contributed by atoms with van der Waals surface area (Å²) in [6, 6.07) is 10.8. The Morgan fingerprint density at radius 1 is 1.08 bits per heavy atom. The van der Waals surface area contributed by atoms with Gasteiger partial charge in [-0.05, 0) is 62.6 Å². The van der Waals surface area contributed by atoms with E-state index in [1.165, 1.54) is 0 Å². The summed E-state index contributed by atoms with van der Waals surface area (Å²) in [6.45, 7) is 1.80. The molecule has 2 aliphatic carbocycles. The molecule has 1 aromatic carbocycles. The van der Waals surface area contributed by atoms with E-state index in [-0.39, 0.29) is 35.2 Å². The van der Waals surface area contributed by atoms with Crippen LogP contribution in [0.3, 0.4) is 0 Å². The number of nitrogens with zero attached hydrogens (tertiary/aromatic N) is 3. The van der Waals surface area contributed by atoms with Crippen LogP contribution in [0.25, 0.3) is 10.4 Å². The topological polar surface area (TPSA) is 100 Å². The fourth-order valence-electron chi connectivity index (χ4n) is 6.46. The number of ether oxygens (including phenoxy) is 1. The number of rotatable bonds is 7. The van der Waals surface area contributed by atoms with Crippen molar-refractivity contribution in [3.05, 3.63) is 35.0 Å². The van der Waals surface area contributed by atoms with Crippen LogP contribution in [-0.4, -0.2) is 50.4 Å². The van der Waals surface area contributed by atoms with Gasteiger partial charge >= 0.3 is 0 Å².